The smallest absolute Gasteiger partial charge is 0.375 e. The topological polar surface area (TPSA) is 85.6 Å². The monoisotopic (exact) mass is 389 g/mol. The second-order valence-electron chi connectivity index (χ2n) is 5.63. The lowest BCUT2D eigenvalue weighted by molar-refractivity contribution is -0.123. The van der Waals surface area contributed by atoms with Crippen LogP contribution in [0, 0.1) is 5.82 Å². The van der Waals surface area contributed by atoms with Crippen molar-refractivity contribution in [3.05, 3.63) is 75.4 Å². The van der Waals surface area contributed by atoms with Crippen molar-refractivity contribution in [2.75, 3.05) is 5.32 Å². The van der Waals surface area contributed by atoms with Crippen molar-refractivity contribution in [2.24, 2.45) is 0 Å². The number of hydrogen-bond acceptors (Lipinski definition) is 5. The molecule has 0 fully saturated rings. The Bertz CT molecular complexity index is 1090. The van der Waals surface area contributed by atoms with Crippen LogP contribution in [0.25, 0.3) is 11.0 Å². The number of halogens is 2. The van der Waals surface area contributed by atoms with Gasteiger partial charge in [0, 0.05) is 6.07 Å². The predicted molar refractivity (Wildman–Crippen MR) is 97.4 cm³/mol. The molecule has 3 aromatic rings. The number of rotatable bonds is 4. The summed E-state index contributed by atoms with van der Waals surface area (Å²) in [6, 6.07) is 10.9. The van der Waals surface area contributed by atoms with Crippen molar-refractivity contribution in [1.29, 1.82) is 0 Å². The molecule has 0 unspecified atom stereocenters. The number of carbonyl (C=O) groups is 2. The molecule has 27 heavy (non-hydrogen) atoms. The van der Waals surface area contributed by atoms with Gasteiger partial charge in [0.25, 0.3) is 5.91 Å². The van der Waals surface area contributed by atoms with Crippen LogP contribution in [-0.2, 0) is 9.53 Å². The molecule has 0 aliphatic heterocycles. The summed E-state index contributed by atoms with van der Waals surface area (Å²) in [6.45, 7) is 1.34. The number of esters is 1. The van der Waals surface area contributed by atoms with Crippen LogP contribution in [0.3, 0.4) is 0 Å². The van der Waals surface area contributed by atoms with Gasteiger partial charge in [0.05, 0.1) is 16.1 Å². The van der Waals surface area contributed by atoms with Crippen molar-refractivity contribution < 1.29 is 23.1 Å². The second-order valence-corrected chi connectivity index (χ2v) is 6.04. The van der Waals surface area contributed by atoms with E-state index in [1.165, 1.54) is 13.0 Å². The summed E-state index contributed by atoms with van der Waals surface area (Å²) in [5, 5.41) is 2.75. The number of amides is 1. The van der Waals surface area contributed by atoms with Gasteiger partial charge >= 0.3 is 5.97 Å². The number of benzene rings is 2. The van der Waals surface area contributed by atoms with Gasteiger partial charge in [-0.1, -0.05) is 23.7 Å². The van der Waals surface area contributed by atoms with E-state index in [9.17, 15) is 18.8 Å². The molecule has 0 bridgehead atoms. The van der Waals surface area contributed by atoms with Crippen LogP contribution in [0.1, 0.15) is 17.5 Å². The van der Waals surface area contributed by atoms with Gasteiger partial charge in [-0.3, -0.25) is 9.59 Å². The van der Waals surface area contributed by atoms with E-state index in [4.69, 9.17) is 20.8 Å². The van der Waals surface area contributed by atoms with Gasteiger partial charge in [-0.2, -0.15) is 0 Å². The summed E-state index contributed by atoms with van der Waals surface area (Å²) in [6.07, 6.45) is -1.21. The summed E-state index contributed by atoms with van der Waals surface area (Å²) in [7, 11) is 0. The van der Waals surface area contributed by atoms with E-state index in [2.05, 4.69) is 5.32 Å². The predicted octanol–water partition coefficient (Wildman–Crippen LogP) is 3.77. The van der Waals surface area contributed by atoms with Gasteiger partial charge in [0.2, 0.25) is 5.76 Å². The molecule has 0 spiro atoms. The maximum absolute atomic E-state index is 13.0. The SMILES string of the molecule is C[C@H](OC(=O)c1cc(=O)c2ccccc2o1)C(=O)Nc1ccc(F)cc1Cl. The Morgan fingerprint density at radius 2 is 1.93 bits per heavy atom. The second kappa shape index (κ2) is 7.59. The number of nitrogens with one attached hydrogen (secondary N) is 1. The fraction of sp³-hybridized carbons (Fsp3) is 0.105. The zero-order valence-corrected chi connectivity index (χ0v) is 14.7. The highest BCUT2D eigenvalue weighted by molar-refractivity contribution is 6.33. The molecule has 0 saturated heterocycles. The van der Waals surface area contributed by atoms with Crippen molar-refractivity contribution in [1.82, 2.24) is 0 Å². The maximum atomic E-state index is 13.0. The minimum Gasteiger partial charge on any atom is -0.449 e. The molecule has 0 aliphatic rings. The molecule has 0 saturated carbocycles. The van der Waals surface area contributed by atoms with Crippen molar-refractivity contribution in [3.8, 4) is 0 Å². The molecule has 2 aromatic carbocycles. The third-order valence-electron chi connectivity index (χ3n) is 3.68. The van der Waals surface area contributed by atoms with Crippen LogP contribution >= 0.6 is 11.6 Å². The van der Waals surface area contributed by atoms with Gasteiger partial charge in [0.1, 0.15) is 11.4 Å². The van der Waals surface area contributed by atoms with E-state index in [0.29, 0.717) is 5.39 Å². The summed E-state index contributed by atoms with van der Waals surface area (Å²) in [4.78, 5) is 36.4. The highest BCUT2D eigenvalue weighted by Gasteiger charge is 2.22. The minimum atomic E-state index is -1.21. The van der Waals surface area contributed by atoms with Gasteiger partial charge < -0.3 is 14.5 Å². The van der Waals surface area contributed by atoms with Crippen LogP contribution in [0.15, 0.2) is 57.7 Å². The number of fused-ring (bicyclic) bond motifs is 1. The van der Waals surface area contributed by atoms with E-state index in [1.54, 1.807) is 24.3 Å². The Labute approximate surface area is 157 Å². The molecule has 6 nitrogen and oxygen atoms in total. The number of ether oxygens (including phenoxy) is 1. The zero-order valence-electron chi connectivity index (χ0n) is 14.0. The quantitative estimate of drug-likeness (QED) is 0.686. The molecule has 0 aliphatic carbocycles. The average molecular weight is 390 g/mol. The summed E-state index contributed by atoms with van der Waals surface area (Å²) >= 11 is 5.84. The lowest BCUT2D eigenvalue weighted by atomic mass is 10.2. The highest BCUT2D eigenvalue weighted by Crippen LogP contribution is 2.22. The van der Waals surface area contributed by atoms with E-state index < -0.39 is 29.2 Å². The standard InChI is InChI=1S/C19H13ClFNO5/c1-10(18(24)22-14-7-6-11(21)8-13(14)20)26-19(25)17-9-15(23)12-4-2-3-5-16(12)27-17/h2-10H,1H3,(H,22,24)/t10-/m0/s1. The molecular formula is C19H13ClFNO5. The van der Waals surface area contributed by atoms with Crippen LogP contribution in [0.5, 0.6) is 0 Å². The number of para-hydroxylation sites is 1. The van der Waals surface area contributed by atoms with Crippen LogP contribution < -0.4 is 10.7 Å². The molecule has 1 heterocycles. The first-order chi connectivity index (χ1) is 12.8. The molecule has 3 rings (SSSR count). The Balaban J connectivity index is 1.73. The molecule has 8 heteroatoms. The van der Waals surface area contributed by atoms with E-state index in [1.807, 2.05) is 0 Å². The van der Waals surface area contributed by atoms with Gasteiger partial charge in [0.15, 0.2) is 11.5 Å². The number of carbonyl (C=O) groups excluding carboxylic acids is 2. The average Bonchev–Trinajstić information content (AvgIpc) is 2.63. The lowest BCUT2D eigenvalue weighted by Crippen LogP contribution is -2.30. The number of hydrogen-bond donors (Lipinski definition) is 1. The molecule has 0 radical (unpaired) electrons. The lowest BCUT2D eigenvalue weighted by Gasteiger charge is -2.14. The van der Waals surface area contributed by atoms with Gasteiger partial charge in [-0.25, -0.2) is 9.18 Å². The highest BCUT2D eigenvalue weighted by atomic mass is 35.5. The maximum Gasteiger partial charge on any atom is 0.375 e. The van der Waals surface area contributed by atoms with Crippen LogP contribution in [-0.4, -0.2) is 18.0 Å². The van der Waals surface area contributed by atoms with Gasteiger partial charge in [-0.05, 0) is 37.3 Å². The molecule has 1 N–H and O–H groups in total. The molecule has 1 atom stereocenters. The van der Waals surface area contributed by atoms with E-state index in [-0.39, 0.29) is 22.1 Å². The number of anilines is 1. The molecule has 1 amide bonds. The van der Waals surface area contributed by atoms with E-state index >= 15 is 0 Å². The first kappa shape index (κ1) is 18.6. The Kier molecular flexibility index (Phi) is 5.23. The molecule has 1 aromatic heterocycles. The largest absolute Gasteiger partial charge is 0.449 e. The third kappa shape index (κ3) is 4.15. The molecule has 138 valence electrons. The van der Waals surface area contributed by atoms with Crippen LogP contribution in [0.4, 0.5) is 10.1 Å². The van der Waals surface area contributed by atoms with Crippen molar-refractivity contribution >= 4 is 40.1 Å². The summed E-state index contributed by atoms with van der Waals surface area (Å²) < 4.78 is 23.4. The summed E-state index contributed by atoms with van der Waals surface area (Å²) in [5.74, 6) is -2.52. The zero-order chi connectivity index (χ0) is 19.6. The normalized spacial score (nSPS) is 11.8. The van der Waals surface area contributed by atoms with Crippen molar-refractivity contribution in [2.45, 2.75) is 13.0 Å². The Hall–Kier alpha value is -3.19. The first-order valence-corrected chi connectivity index (χ1v) is 8.23. The van der Waals surface area contributed by atoms with E-state index in [0.717, 1.165) is 18.2 Å². The first-order valence-electron chi connectivity index (χ1n) is 7.85. The molecular weight excluding hydrogens is 377 g/mol. The Morgan fingerprint density at radius 3 is 2.67 bits per heavy atom. The fourth-order valence-electron chi connectivity index (χ4n) is 2.30. The Morgan fingerprint density at radius 1 is 1.19 bits per heavy atom. The third-order valence-corrected chi connectivity index (χ3v) is 3.99. The summed E-state index contributed by atoms with van der Waals surface area (Å²) in [5.41, 5.74) is -0.00523. The van der Waals surface area contributed by atoms with Gasteiger partial charge in [-0.15, -0.1) is 0 Å². The fourth-order valence-corrected chi connectivity index (χ4v) is 2.52. The van der Waals surface area contributed by atoms with Crippen molar-refractivity contribution in [3.63, 3.8) is 0 Å². The van der Waals surface area contributed by atoms with Crippen LogP contribution in [0.2, 0.25) is 5.02 Å². The minimum absolute atomic E-state index is 0.00222.